The van der Waals surface area contributed by atoms with Gasteiger partial charge >= 0.3 is 0 Å². The number of aryl methyl sites for hydroxylation is 1. The van der Waals surface area contributed by atoms with Gasteiger partial charge < -0.3 is 5.11 Å². The maximum Gasteiger partial charge on any atom is 0.243 e. The lowest BCUT2D eigenvalue weighted by Crippen LogP contribution is -2.43. The van der Waals surface area contributed by atoms with Crippen LogP contribution in [0.15, 0.2) is 59.5 Å². The molecule has 0 aliphatic heterocycles. The van der Waals surface area contributed by atoms with Crippen LogP contribution in [0.3, 0.4) is 0 Å². The molecule has 0 amide bonds. The van der Waals surface area contributed by atoms with Crippen molar-refractivity contribution in [1.29, 1.82) is 0 Å². The summed E-state index contributed by atoms with van der Waals surface area (Å²) in [5.41, 5.74) is 2.16. The second-order valence-corrected chi connectivity index (χ2v) is 9.58. The molecule has 0 radical (unpaired) electrons. The van der Waals surface area contributed by atoms with Crippen LogP contribution >= 0.6 is 11.6 Å². The van der Waals surface area contributed by atoms with E-state index >= 15 is 0 Å². The lowest BCUT2D eigenvalue weighted by atomic mass is 10.0. The molecule has 0 aliphatic rings. The summed E-state index contributed by atoms with van der Waals surface area (Å²) in [7, 11) is -3.78. The van der Waals surface area contributed by atoms with Crippen LogP contribution in [-0.4, -0.2) is 37.0 Å². The van der Waals surface area contributed by atoms with Crippen molar-refractivity contribution in [2.75, 3.05) is 13.2 Å². The summed E-state index contributed by atoms with van der Waals surface area (Å²) in [6, 6.07) is 13.5. The lowest BCUT2D eigenvalue weighted by Gasteiger charge is -2.30. The first-order valence-corrected chi connectivity index (χ1v) is 11.2. The Morgan fingerprint density at radius 3 is 2.32 bits per heavy atom. The Hall–Kier alpha value is -1.66. The molecule has 4 nitrogen and oxygen atoms in total. The Bertz CT molecular complexity index is 892. The zero-order valence-electron chi connectivity index (χ0n) is 16.5. The summed E-state index contributed by atoms with van der Waals surface area (Å²) in [4.78, 5) is 0.170. The number of sulfonamides is 1. The molecule has 0 heterocycles. The second kappa shape index (κ2) is 10.2. The number of halogens is 1. The Morgan fingerprint density at radius 2 is 1.75 bits per heavy atom. The summed E-state index contributed by atoms with van der Waals surface area (Å²) < 4.78 is 27.9. The maximum absolute atomic E-state index is 13.3. The zero-order chi connectivity index (χ0) is 20.7. The van der Waals surface area contributed by atoms with Gasteiger partial charge in [0.15, 0.2) is 0 Å². The number of benzene rings is 2. The van der Waals surface area contributed by atoms with E-state index in [4.69, 9.17) is 11.6 Å². The molecule has 1 N–H and O–H groups in total. The van der Waals surface area contributed by atoms with Gasteiger partial charge in [0.25, 0.3) is 0 Å². The van der Waals surface area contributed by atoms with Gasteiger partial charge in [-0.3, -0.25) is 0 Å². The summed E-state index contributed by atoms with van der Waals surface area (Å²) >= 11 is 5.91. The Labute approximate surface area is 173 Å². The van der Waals surface area contributed by atoms with Crippen molar-refractivity contribution in [2.45, 2.75) is 38.1 Å². The molecule has 152 valence electrons. The molecular formula is C22H28ClNO3S. The average Bonchev–Trinajstić information content (AvgIpc) is 2.65. The van der Waals surface area contributed by atoms with E-state index in [-0.39, 0.29) is 24.0 Å². The SMILES string of the molecule is Cc1ccccc1C=CCN([C@@H](CO)CC(C)C)S(=O)(=O)c1ccc(Cl)cc1. The van der Waals surface area contributed by atoms with Crippen molar-refractivity contribution in [1.82, 2.24) is 4.31 Å². The molecule has 0 aliphatic carbocycles. The monoisotopic (exact) mass is 421 g/mol. The van der Waals surface area contributed by atoms with Crippen molar-refractivity contribution in [3.05, 3.63) is 70.8 Å². The van der Waals surface area contributed by atoms with Gasteiger partial charge in [0.05, 0.1) is 11.5 Å². The number of nitrogens with zero attached hydrogens (tertiary/aromatic N) is 1. The fourth-order valence-electron chi connectivity index (χ4n) is 3.07. The third kappa shape index (κ3) is 5.92. The number of aliphatic hydroxyl groups excluding tert-OH is 1. The minimum absolute atomic E-state index is 0.170. The summed E-state index contributed by atoms with van der Waals surface area (Å²) in [5.74, 6) is 0.250. The number of rotatable bonds is 9. The molecule has 2 aromatic carbocycles. The molecule has 0 aromatic heterocycles. The molecule has 0 bridgehead atoms. The van der Waals surface area contributed by atoms with E-state index in [2.05, 4.69) is 0 Å². The van der Waals surface area contributed by atoms with Crippen molar-refractivity contribution in [3.8, 4) is 0 Å². The predicted octanol–water partition coefficient (Wildman–Crippen LogP) is 4.76. The molecule has 2 aromatic rings. The van der Waals surface area contributed by atoms with Gasteiger partial charge in [0.1, 0.15) is 0 Å². The third-order valence-electron chi connectivity index (χ3n) is 4.55. The van der Waals surface area contributed by atoms with Crippen LogP contribution < -0.4 is 0 Å². The molecule has 0 saturated carbocycles. The first-order chi connectivity index (χ1) is 13.3. The lowest BCUT2D eigenvalue weighted by molar-refractivity contribution is 0.175. The molecule has 1 atom stereocenters. The third-order valence-corrected chi connectivity index (χ3v) is 6.74. The molecule has 28 heavy (non-hydrogen) atoms. The van der Waals surface area contributed by atoms with Gasteiger partial charge in [-0.15, -0.1) is 0 Å². The van der Waals surface area contributed by atoms with Crippen molar-refractivity contribution in [3.63, 3.8) is 0 Å². The normalized spacial score (nSPS) is 13.5. The average molecular weight is 422 g/mol. The Morgan fingerprint density at radius 1 is 1.11 bits per heavy atom. The van der Waals surface area contributed by atoms with Crippen LogP contribution in [-0.2, 0) is 10.0 Å². The summed E-state index contributed by atoms with van der Waals surface area (Å²) in [6.45, 7) is 5.98. The van der Waals surface area contributed by atoms with Gasteiger partial charge in [-0.05, 0) is 54.7 Å². The highest BCUT2D eigenvalue weighted by Gasteiger charge is 2.30. The van der Waals surface area contributed by atoms with Crippen molar-refractivity contribution in [2.24, 2.45) is 5.92 Å². The van der Waals surface area contributed by atoms with Gasteiger partial charge in [-0.25, -0.2) is 8.42 Å². The standard InChI is InChI=1S/C22H28ClNO3S/c1-17(2)15-21(16-25)24(14-6-9-19-8-5-4-7-18(19)3)28(26,27)22-12-10-20(23)11-13-22/h4-13,17,21,25H,14-16H2,1-3H3/t21-/m1/s1. The molecule has 0 fully saturated rings. The maximum atomic E-state index is 13.3. The Balaban J connectivity index is 2.36. The highest BCUT2D eigenvalue weighted by Crippen LogP contribution is 2.23. The van der Waals surface area contributed by atoms with Crippen LogP contribution in [0.25, 0.3) is 6.08 Å². The van der Waals surface area contributed by atoms with Gasteiger partial charge in [-0.2, -0.15) is 4.31 Å². The van der Waals surface area contributed by atoms with E-state index < -0.39 is 16.1 Å². The quantitative estimate of drug-likeness (QED) is 0.635. The van der Waals surface area contributed by atoms with Gasteiger partial charge in [-0.1, -0.05) is 61.9 Å². The Kier molecular flexibility index (Phi) is 8.25. The molecule has 6 heteroatoms. The molecule has 0 saturated heterocycles. The minimum atomic E-state index is -3.78. The zero-order valence-corrected chi connectivity index (χ0v) is 18.1. The van der Waals surface area contributed by atoms with Crippen LogP contribution in [0.5, 0.6) is 0 Å². The van der Waals surface area contributed by atoms with Gasteiger partial charge in [0.2, 0.25) is 10.0 Å². The van der Waals surface area contributed by atoms with E-state index in [1.807, 2.05) is 57.2 Å². The first-order valence-electron chi connectivity index (χ1n) is 9.36. The van der Waals surface area contributed by atoms with E-state index in [9.17, 15) is 13.5 Å². The minimum Gasteiger partial charge on any atom is -0.395 e. The van der Waals surface area contributed by atoms with Crippen LogP contribution in [0.4, 0.5) is 0 Å². The first kappa shape index (κ1) is 22.6. The van der Waals surface area contributed by atoms with Crippen LogP contribution in [0.2, 0.25) is 5.02 Å². The summed E-state index contributed by atoms with van der Waals surface area (Å²) in [5, 5.41) is 10.4. The number of hydrogen-bond acceptors (Lipinski definition) is 3. The second-order valence-electron chi connectivity index (χ2n) is 7.25. The van der Waals surface area contributed by atoms with E-state index in [1.165, 1.54) is 16.4 Å². The molecular weight excluding hydrogens is 394 g/mol. The van der Waals surface area contributed by atoms with E-state index in [1.54, 1.807) is 12.1 Å². The predicted molar refractivity (Wildman–Crippen MR) is 116 cm³/mol. The summed E-state index contributed by atoms with van der Waals surface area (Å²) in [6.07, 6.45) is 4.32. The molecule has 0 spiro atoms. The van der Waals surface area contributed by atoms with Crippen molar-refractivity contribution >= 4 is 27.7 Å². The number of hydrogen-bond donors (Lipinski definition) is 1. The molecule has 2 rings (SSSR count). The van der Waals surface area contributed by atoms with E-state index in [0.717, 1.165) is 11.1 Å². The topological polar surface area (TPSA) is 57.6 Å². The fraction of sp³-hybridized carbons (Fsp3) is 0.364. The highest BCUT2D eigenvalue weighted by atomic mass is 35.5. The van der Waals surface area contributed by atoms with Crippen LogP contribution in [0.1, 0.15) is 31.4 Å². The smallest absolute Gasteiger partial charge is 0.243 e. The van der Waals surface area contributed by atoms with Crippen molar-refractivity contribution < 1.29 is 13.5 Å². The largest absolute Gasteiger partial charge is 0.395 e. The van der Waals surface area contributed by atoms with E-state index in [0.29, 0.717) is 11.4 Å². The fourth-order valence-corrected chi connectivity index (χ4v) is 4.77. The van der Waals surface area contributed by atoms with Gasteiger partial charge in [0, 0.05) is 17.6 Å². The van der Waals surface area contributed by atoms with Crippen LogP contribution in [0, 0.1) is 12.8 Å². The molecule has 0 unspecified atom stereocenters. The highest BCUT2D eigenvalue weighted by molar-refractivity contribution is 7.89. The number of aliphatic hydroxyl groups is 1.